The number of rotatable bonds is 4. The van der Waals surface area contributed by atoms with Crippen LogP contribution in [0.5, 0.6) is 11.5 Å². The zero-order valence-electron chi connectivity index (χ0n) is 12.4. The highest BCUT2D eigenvalue weighted by Crippen LogP contribution is 2.40. The molecule has 3 rings (SSSR count). The summed E-state index contributed by atoms with van der Waals surface area (Å²) in [5.41, 5.74) is 4.21. The number of ether oxygens (including phenoxy) is 2. The lowest BCUT2D eigenvalue weighted by Gasteiger charge is -2.15. The first kappa shape index (κ1) is 14.5. The number of aryl methyl sites for hydroxylation is 1. The van der Waals surface area contributed by atoms with Crippen LogP contribution in [-0.2, 0) is 12.8 Å². The van der Waals surface area contributed by atoms with Gasteiger partial charge in [-0.3, -0.25) is 0 Å². The van der Waals surface area contributed by atoms with Gasteiger partial charge in [0.2, 0.25) is 0 Å². The molecular formula is C18H19BrO2. The molecular weight excluding hydrogens is 328 g/mol. The van der Waals surface area contributed by atoms with Crippen LogP contribution in [0.2, 0.25) is 0 Å². The minimum Gasteiger partial charge on any atom is -0.497 e. The number of hydrogen-bond donors (Lipinski definition) is 0. The molecule has 1 unspecified atom stereocenters. The molecule has 1 atom stereocenters. The summed E-state index contributed by atoms with van der Waals surface area (Å²) < 4.78 is 12.0. The normalized spacial score (nSPS) is 16.6. The van der Waals surface area contributed by atoms with E-state index in [2.05, 4.69) is 46.3 Å². The number of hydrogen-bond acceptors (Lipinski definition) is 2. The third-order valence-corrected chi connectivity index (χ3v) is 4.90. The van der Waals surface area contributed by atoms with Gasteiger partial charge in [0.05, 0.1) is 14.2 Å². The highest BCUT2D eigenvalue weighted by molar-refractivity contribution is 9.10. The fraction of sp³-hybridized carbons (Fsp3) is 0.333. The van der Waals surface area contributed by atoms with Crippen molar-refractivity contribution in [3.8, 4) is 11.5 Å². The van der Waals surface area contributed by atoms with Crippen LogP contribution in [0, 0.1) is 0 Å². The zero-order valence-corrected chi connectivity index (χ0v) is 13.9. The van der Waals surface area contributed by atoms with Crippen LogP contribution >= 0.6 is 15.9 Å². The van der Waals surface area contributed by atoms with Crippen LogP contribution in [0.1, 0.15) is 29.0 Å². The van der Waals surface area contributed by atoms with E-state index in [1.807, 2.05) is 6.07 Å². The predicted molar refractivity (Wildman–Crippen MR) is 88.5 cm³/mol. The summed E-state index contributed by atoms with van der Waals surface area (Å²) in [5, 5.41) is 0. The summed E-state index contributed by atoms with van der Waals surface area (Å²) in [6, 6.07) is 12.6. The van der Waals surface area contributed by atoms with E-state index in [4.69, 9.17) is 9.47 Å². The lowest BCUT2D eigenvalue weighted by molar-refractivity contribution is 0.393. The second kappa shape index (κ2) is 6.10. The summed E-state index contributed by atoms with van der Waals surface area (Å²) in [6.45, 7) is 0. The lowest BCUT2D eigenvalue weighted by atomic mass is 9.93. The van der Waals surface area contributed by atoms with E-state index in [-0.39, 0.29) is 0 Å². The van der Waals surface area contributed by atoms with E-state index >= 15 is 0 Å². The molecule has 2 aromatic rings. The average Bonchev–Trinajstić information content (AvgIpc) is 2.91. The van der Waals surface area contributed by atoms with E-state index in [0.717, 1.165) is 17.9 Å². The van der Waals surface area contributed by atoms with Crippen molar-refractivity contribution in [2.24, 2.45) is 0 Å². The minimum absolute atomic E-state index is 0.562. The van der Waals surface area contributed by atoms with Gasteiger partial charge in [-0.25, -0.2) is 0 Å². The van der Waals surface area contributed by atoms with Gasteiger partial charge in [0.25, 0.3) is 0 Å². The summed E-state index contributed by atoms with van der Waals surface area (Å²) >= 11 is 3.71. The van der Waals surface area contributed by atoms with Crippen molar-refractivity contribution >= 4 is 15.9 Å². The molecule has 0 spiro atoms. The van der Waals surface area contributed by atoms with Crippen molar-refractivity contribution < 1.29 is 9.47 Å². The molecule has 0 amide bonds. The summed E-state index contributed by atoms with van der Waals surface area (Å²) in [7, 11) is 3.39. The molecule has 2 aromatic carbocycles. The Morgan fingerprint density at radius 3 is 2.48 bits per heavy atom. The van der Waals surface area contributed by atoms with Crippen LogP contribution in [0.15, 0.2) is 40.9 Å². The van der Waals surface area contributed by atoms with Gasteiger partial charge in [0.1, 0.15) is 11.5 Å². The molecule has 0 N–H and O–H groups in total. The predicted octanol–water partition coefficient (Wildman–Crippen LogP) is 4.74. The Bertz CT molecular complexity index is 629. The molecule has 1 aliphatic rings. The summed E-state index contributed by atoms with van der Waals surface area (Å²) in [6.07, 6.45) is 3.39. The first-order valence-corrected chi connectivity index (χ1v) is 8.00. The molecule has 0 aromatic heterocycles. The highest BCUT2D eigenvalue weighted by Gasteiger charge is 2.25. The van der Waals surface area contributed by atoms with E-state index in [9.17, 15) is 0 Å². The Balaban J connectivity index is 1.89. The molecule has 0 heterocycles. The lowest BCUT2D eigenvalue weighted by Crippen LogP contribution is -2.01. The topological polar surface area (TPSA) is 18.5 Å². The maximum atomic E-state index is 5.37. The number of fused-ring (bicyclic) bond motifs is 1. The maximum absolute atomic E-state index is 5.37. The molecule has 3 heteroatoms. The van der Waals surface area contributed by atoms with Crippen LogP contribution in [0.25, 0.3) is 0 Å². The molecule has 0 saturated carbocycles. The molecule has 0 saturated heterocycles. The third kappa shape index (κ3) is 2.93. The summed E-state index contributed by atoms with van der Waals surface area (Å²) in [4.78, 5) is 0. The van der Waals surface area contributed by atoms with Crippen molar-refractivity contribution in [3.05, 3.63) is 57.6 Å². The Morgan fingerprint density at radius 2 is 1.81 bits per heavy atom. The zero-order chi connectivity index (χ0) is 14.8. The molecule has 0 bridgehead atoms. The van der Waals surface area contributed by atoms with Gasteiger partial charge in [-0.1, -0.05) is 28.1 Å². The maximum Gasteiger partial charge on any atom is 0.122 e. The van der Waals surface area contributed by atoms with E-state index in [1.54, 1.807) is 14.2 Å². The third-order valence-electron chi connectivity index (χ3n) is 4.21. The van der Waals surface area contributed by atoms with E-state index in [1.165, 1.54) is 34.0 Å². The first-order chi connectivity index (χ1) is 10.2. The van der Waals surface area contributed by atoms with Crippen LogP contribution in [-0.4, -0.2) is 14.2 Å². The largest absolute Gasteiger partial charge is 0.497 e. The first-order valence-electron chi connectivity index (χ1n) is 7.20. The van der Waals surface area contributed by atoms with Crippen molar-refractivity contribution in [2.45, 2.75) is 25.2 Å². The Hall–Kier alpha value is -1.48. The summed E-state index contributed by atoms with van der Waals surface area (Å²) in [5.74, 6) is 2.27. The van der Waals surface area contributed by atoms with Gasteiger partial charge < -0.3 is 9.47 Å². The number of benzene rings is 2. The minimum atomic E-state index is 0.562. The standard InChI is InChI=1S/C18H19BrO2/c1-20-15-9-12(10-16(11-15)21-2)8-14-7-6-13-4-3-5-17(19)18(13)14/h3-5,9-11,14H,6-8H2,1-2H3. The van der Waals surface area contributed by atoms with Crippen molar-refractivity contribution in [1.29, 1.82) is 0 Å². The fourth-order valence-electron chi connectivity index (χ4n) is 3.20. The SMILES string of the molecule is COc1cc(CC2CCc3cccc(Br)c32)cc(OC)c1. The van der Waals surface area contributed by atoms with Crippen molar-refractivity contribution in [2.75, 3.05) is 14.2 Å². The fourth-order valence-corrected chi connectivity index (χ4v) is 3.93. The van der Waals surface area contributed by atoms with Gasteiger partial charge in [-0.15, -0.1) is 0 Å². The van der Waals surface area contributed by atoms with Gasteiger partial charge in [0, 0.05) is 10.5 Å². The van der Waals surface area contributed by atoms with Gasteiger partial charge in [0.15, 0.2) is 0 Å². The highest BCUT2D eigenvalue weighted by atomic mass is 79.9. The average molecular weight is 347 g/mol. The second-order valence-electron chi connectivity index (χ2n) is 5.47. The second-order valence-corrected chi connectivity index (χ2v) is 6.33. The van der Waals surface area contributed by atoms with E-state index < -0.39 is 0 Å². The molecule has 0 fully saturated rings. The van der Waals surface area contributed by atoms with Crippen LogP contribution in [0.3, 0.4) is 0 Å². The molecule has 0 radical (unpaired) electrons. The van der Waals surface area contributed by atoms with Gasteiger partial charge in [-0.2, -0.15) is 0 Å². The van der Waals surface area contributed by atoms with Crippen molar-refractivity contribution in [3.63, 3.8) is 0 Å². The quantitative estimate of drug-likeness (QED) is 0.795. The van der Waals surface area contributed by atoms with Gasteiger partial charge in [-0.05, 0) is 60.1 Å². The van der Waals surface area contributed by atoms with Gasteiger partial charge >= 0.3 is 0 Å². The Labute approximate surface area is 134 Å². The monoisotopic (exact) mass is 346 g/mol. The molecule has 2 nitrogen and oxygen atoms in total. The molecule has 110 valence electrons. The Kier molecular flexibility index (Phi) is 4.20. The molecule has 1 aliphatic carbocycles. The van der Waals surface area contributed by atoms with Crippen LogP contribution < -0.4 is 9.47 Å². The number of halogens is 1. The number of methoxy groups -OCH3 is 2. The van der Waals surface area contributed by atoms with E-state index in [0.29, 0.717) is 5.92 Å². The smallest absolute Gasteiger partial charge is 0.122 e. The molecule has 0 aliphatic heterocycles. The van der Waals surface area contributed by atoms with Crippen molar-refractivity contribution in [1.82, 2.24) is 0 Å². The molecule has 21 heavy (non-hydrogen) atoms. The Morgan fingerprint density at radius 1 is 1.10 bits per heavy atom. The van der Waals surface area contributed by atoms with Crippen LogP contribution in [0.4, 0.5) is 0 Å².